The minimum absolute atomic E-state index is 0.0802. The third-order valence-electron chi connectivity index (χ3n) is 4.03. The van der Waals surface area contributed by atoms with E-state index in [0.717, 1.165) is 0 Å². The van der Waals surface area contributed by atoms with E-state index in [4.69, 9.17) is 5.11 Å². The minimum Gasteiger partial charge on any atom is -0.480 e. The van der Waals surface area contributed by atoms with Crippen LogP contribution in [0.25, 0.3) is 0 Å². The van der Waals surface area contributed by atoms with Crippen LogP contribution in [-0.4, -0.2) is 52.3 Å². The summed E-state index contributed by atoms with van der Waals surface area (Å²) in [4.78, 5) is 24.4. The molecule has 1 rings (SSSR count). The number of rotatable bonds is 5. The van der Waals surface area contributed by atoms with Gasteiger partial charge in [0, 0.05) is 19.5 Å². The number of nitrogens with one attached hydrogen (secondary N) is 1. The molecular formula is C14H26N2O4. The fourth-order valence-electron chi connectivity index (χ4n) is 2.82. The van der Waals surface area contributed by atoms with Gasteiger partial charge in [0.2, 0.25) is 0 Å². The Balaban J connectivity index is 2.59. The Morgan fingerprint density at radius 2 is 1.80 bits per heavy atom. The second-order valence-electron chi connectivity index (χ2n) is 6.23. The maximum Gasteiger partial charge on any atom is 0.326 e. The summed E-state index contributed by atoms with van der Waals surface area (Å²) in [6.07, 6.45) is -0.659. The monoisotopic (exact) mass is 286 g/mol. The van der Waals surface area contributed by atoms with Crippen LogP contribution in [0.5, 0.6) is 0 Å². The van der Waals surface area contributed by atoms with Crippen LogP contribution in [0.2, 0.25) is 0 Å². The number of carbonyl (C=O) groups excluding carboxylic acids is 1. The van der Waals surface area contributed by atoms with Crippen LogP contribution in [-0.2, 0) is 4.79 Å². The molecule has 1 heterocycles. The first-order chi connectivity index (χ1) is 9.23. The van der Waals surface area contributed by atoms with Crippen LogP contribution < -0.4 is 5.32 Å². The van der Waals surface area contributed by atoms with Crippen molar-refractivity contribution < 1.29 is 19.8 Å². The molecule has 2 atom stereocenters. The summed E-state index contributed by atoms with van der Waals surface area (Å²) in [5.41, 5.74) is 0. The maximum atomic E-state index is 12.1. The summed E-state index contributed by atoms with van der Waals surface area (Å²) in [5.74, 6) is 0.153. The average Bonchev–Trinajstić information content (AvgIpc) is 2.70. The van der Waals surface area contributed by atoms with Gasteiger partial charge in [-0.1, -0.05) is 27.7 Å². The van der Waals surface area contributed by atoms with E-state index in [9.17, 15) is 14.7 Å². The normalized spacial score (nSPS) is 22.9. The van der Waals surface area contributed by atoms with Gasteiger partial charge in [0.15, 0.2) is 0 Å². The highest BCUT2D eigenvalue weighted by Gasteiger charge is 2.39. The SMILES string of the molecule is CC(C)C(CNC(=O)N1C[C@@H](O)C[C@H]1C(=O)O)C(C)C. The second-order valence-corrected chi connectivity index (χ2v) is 6.23. The van der Waals surface area contributed by atoms with Crippen molar-refractivity contribution in [1.82, 2.24) is 10.2 Å². The van der Waals surface area contributed by atoms with Gasteiger partial charge in [0.05, 0.1) is 6.10 Å². The molecule has 6 nitrogen and oxygen atoms in total. The zero-order valence-electron chi connectivity index (χ0n) is 12.7. The van der Waals surface area contributed by atoms with E-state index in [1.54, 1.807) is 0 Å². The van der Waals surface area contributed by atoms with Gasteiger partial charge < -0.3 is 20.4 Å². The van der Waals surface area contributed by atoms with Gasteiger partial charge in [0.25, 0.3) is 0 Å². The van der Waals surface area contributed by atoms with E-state index < -0.39 is 24.1 Å². The average molecular weight is 286 g/mol. The lowest BCUT2D eigenvalue weighted by Gasteiger charge is -2.27. The number of hydrogen-bond donors (Lipinski definition) is 3. The number of nitrogens with zero attached hydrogens (tertiary/aromatic N) is 1. The molecule has 0 unspecified atom stereocenters. The zero-order valence-corrected chi connectivity index (χ0v) is 12.7. The van der Waals surface area contributed by atoms with E-state index in [1.807, 2.05) is 0 Å². The molecule has 116 valence electrons. The Kier molecular flexibility index (Phi) is 5.80. The molecule has 1 aliphatic heterocycles. The molecule has 0 bridgehead atoms. The van der Waals surface area contributed by atoms with Gasteiger partial charge in [-0.15, -0.1) is 0 Å². The molecule has 0 aromatic carbocycles. The van der Waals surface area contributed by atoms with Crippen molar-refractivity contribution in [1.29, 1.82) is 0 Å². The Bertz CT molecular complexity index is 349. The number of aliphatic hydroxyl groups is 1. The number of likely N-dealkylation sites (tertiary alicyclic amines) is 1. The molecule has 0 spiro atoms. The number of urea groups is 1. The summed E-state index contributed by atoms with van der Waals surface area (Å²) in [7, 11) is 0. The third-order valence-corrected chi connectivity index (χ3v) is 4.03. The van der Waals surface area contributed by atoms with Crippen LogP contribution in [0.3, 0.4) is 0 Å². The van der Waals surface area contributed by atoms with E-state index in [1.165, 1.54) is 4.90 Å². The Labute approximate surface area is 120 Å². The van der Waals surface area contributed by atoms with Gasteiger partial charge in [-0.05, 0) is 17.8 Å². The van der Waals surface area contributed by atoms with Crippen LogP contribution in [0.15, 0.2) is 0 Å². The van der Waals surface area contributed by atoms with Gasteiger partial charge in [-0.3, -0.25) is 0 Å². The van der Waals surface area contributed by atoms with Gasteiger partial charge in [-0.25, -0.2) is 9.59 Å². The van der Waals surface area contributed by atoms with Crippen LogP contribution in [0.1, 0.15) is 34.1 Å². The van der Waals surface area contributed by atoms with Crippen LogP contribution in [0.4, 0.5) is 4.79 Å². The highest BCUT2D eigenvalue weighted by molar-refractivity contribution is 5.83. The zero-order chi connectivity index (χ0) is 15.4. The number of aliphatic hydroxyl groups excluding tert-OH is 1. The fourth-order valence-corrected chi connectivity index (χ4v) is 2.82. The molecule has 2 amide bonds. The Morgan fingerprint density at radius 1 is 1.25 bits per heavy atom. The Hall–Kier alpha value is -1.30. The topological polar surface area (TPSA) is 89.9 Å². The molecule has 0 aromatic rings. The van der Waals surface area contributed by atoms with Gasteiger partial charge in [0.1, 0.15) is 6.04 Å². The van der Waals surface area contributed by atoms with Crippen molar-refractivity contribution >= 4 is 12.0 Å². The van der Waals surface area contributed by atoms with Crippen molar-refractivity contribution in [2.45, 2.75) is 46.3 Å². The molecule has 20 heavy (non-hydrogen) atoms. The standard InChI is InChI=1S/C14H26N2O4/c1-8(2)11(9(3)4)6-15-14(20)16-7-10(17)5-12(16)13(18)19/h8-12,17H,5-7H2,1-4H3,(H,15,20)(H,18,19)/t10-,12-/m0/s1. The summed E-state index contributed by atoms with van der Waals surface area (Å²) < 4.78 is 0. The molecule has 6 heteroatoms. The van der Waals surface area contributed by atoms with Crippen molar-refractivity contribution in [3.05, 3.63) is 0 Å². The van der Waals surface area contributed by atoms with E-state index in [0.29, 0.717) is 24.3 Å². The molecule has 3 N–H and O–H groups in total. The molecular weight excluding hydrogens is 260 g/mol. The first kappa shape index (κ1) is 16.8. The minimum atomic E-state index is -1.07. The van der Waals surface area contributed by atoms with Crippen molar-refractivity contribution in [2.75, 3.05) is 13.1 Å². The Morgan fingerprint density at radius 3 is 2.25 bits per heavy atom. The second kappa shape index (κ2) is 6.92. The molecule has 0 saturated carbocycles. The largest absolute Gasteiger partial charge is 0.480 e. The predicted molar refractivity (Wildman–Crippen MR) is 75.3 cm³/mol. The maximum absolute atomic E-state index is 12.1. The van der Waals surface area contributed by atoms with Gasteiger partial charge >= 0.3 is 12.0 Å². The molecule has 1 saturated heterocycles. The number of carbonyl (C=O) groups is 2. The number of hydrogen-bond acceptors (Lipinski definition) is 3. The summed E-state index contributed by atoms with van der Waals surface area (Å²) >= 11 is 0. The van der Waals surface area contributed by atoms with E-state index in [-0.39, 0.29) is 13.0 Å². The highest BCUT2D eigenvalue weighted by Crippen LogP contribution is 2.21. The van der Waals surface area contributed by atoms with Gasteiger partial charge in [-0.2, -0.15) is 0 Å². The van der Waals surface area contributed by atoms with E-state index in [2.05, 4.69) is 33.0 Å². The highest BCUT2D eigenvalue weighted by atomic mass is 16.4. The summed E-state index contributed by atoms with van der Waals surface area (Å²) in [5, 5.41) is 21.4. The number of carboxylic acid groups (broad SMARTS) is 1. The quantitative estimate of drug-likeness (QED) is 0.707. The number of amides is 2. The van der Waals surface area contributed by atoms with Crippen molar-refractivity contribution in [3.8, 4) is 0 Å². The smallest absolute Gasteiger partial charge is 0.326 e. The molecule has 0 aliphatic carbocycles. The molecule has 1 aliphatic rings. The predicted octanol–water partition coefficient (Wildman–Crippen LogP) is 1.14. The number of carboxylic acids is 1. The first-order valence-corrected chi connectivity index (χ1v) is 7.19. The van der Waals surface area contributed by atoms with E-state index >= 15 is 0 Å². The van der Waals surface area contributed by atoms with Crippen molar-refractivity contribution in [3.63, 3.8) is 0 Å². The molecule has 1 fully saturated rings. The number of aliphatic carboxylic acids is 1. The molecule has 0 radical (unpaired) electrons. The number of β-amino-alcohol motifs (C(OH)–C–C–N with tert-alkyl or cyclic N) is 1. The summed E-state index contributed by atoms with van der Waals surface area (Å²) in [6.45, 7) is 9.03. The van der Waals surface area contributed by atoms with Crippen molar-refractivity contribution in [2.24, 2.45) is 17.8 Å². The first-order valence-electron chi connectivity index (χ1n) is 7.19. The fraction of sp³-hybridized carbons (Fsp3) is 0.857. The lowest BCUT2D eigenvalue weighted by Crippen LogP contribution is -2.48. The molecule has 0 aromatic heterocycles. The summed E-state index contributed by atoms with van der Waals surface area (Å²) in [6, 6.07) is -1.33. The lowest BCUT2D eigenvalue weighted by atomic mass is 9.85. The third kappa shape index (κ3) is 4.10. The lowest BCUT2D eigenvalue weighted by molar-refractivity contribution is -0.141. The van der Waals surface area contributed by atoms with Crippen LogP contribution >= 0.6 is 0 Å². The van der Waals surface area contributed by atoms with Crippen LogP contribution in [0, 0.1) is 17.8 Å².